The van der Waals surface area contributed by atoms with Crippen LogP contribution in [0.4, 0.5) is 0 Å². The van der Waals surface area contributed by atoms with E-state index in [1.165, 1.54) is 22.2 Å². The molecule has 29 heavy (non-hydrogen) atoms. The maximum atomic E-state index is 13.0. The van der Waals surface area contributed by atoms with Crippen LogP contribution in [-0.2, 0) is 20.9 Å². The Morgan fingerprint density at radius 1 is 1.17 bits per heavy atom. The van der Waals surface area contributed by atoms with E-state index in [2.05, 4.69) is 0 Å². The first kappa shape index (κ1) is 20.3. The summed E-state index contributed by atoms with van der Waals surface area (Å²) in [5.41, 5.74) is 7.17. The lowest BCUT2D eigenvalue weighted by Crippen LogP contribution is -2.76. The molecule has 152 valence electrons. The minimum Gasteiger partial charge on any atom is -0.458 e. The third-order valence-electron chi connectivity index (χ3n) is 5.52. The molecule has 2 N–H and O–H groups in total. The van der Waals surface area contributed by atoms with E-state index in [-0.39, 0.29) is 23.1 Å². The molecule has 3 atom stereocenters. The van der Waals surface area contributed by atoms with Crippen molar-refractivity contribution in [2.75, 3.05) is 0 Å². The molecule has 0 bridgehead atoms. The Kier molecular flexibility index (Phi) is 5.17. The zero-order valence-electron chi connectivity index (χ0n) is 16.6. The van der Waals surface area contributed by atoms with Gasteiger partial charge in [-0.3, -0.25) is 15.4 Å². The first-order valence-corrected chi connectivity index (χ1v) is 11.2. The Morgan fingerprint density at radius 3 is 2.48 bits per heavy atom. The molecule has 4 rings (SSSR count). The van der Waals surface area contributed by atoms with Gasteiger partial charge < -0.3 is 4.74 Å². The van der Waals surface area contributed by atoms with Crippen LogP contribution in [0.3, 0.4) is 0 Å². The van der Waals surface area contributed by atoms with Crippen LogP contribution in [0.2, 0.25) is 0 Å². The topological polar surface area (TPSA) is 72.6 Å². The molecule has 2 aliphatic rings. The van der Waals surface area contributed by atoms with E-state index in [0.29, 0.717) is 0 Å². The van der Waals surface area contributed by atoms with Crippen LogP contribution in [0.5, 0.6) is 0 Å². The van der Waals surface area contributed by atoms with Gasteiger partial charge >= 0.3 is 5.97 Å². The number of carbonyl (C=O) groups excluding carboxylic acids is 2. The van der Waals surface area contributed by atoms with Gasteiger partial charge in [-0.2, -0.15) is 0 Å². The van der Waals surface area contributed by atoms with Crippen LogP contribution in [0, 0.1) is 6.92 Å². The van der Waals surface area contributed by atoms with Crippen molar-refractivity contribution in [1.82, 2.24) is 4.90 Å². The van der Waals surface area contributed by atoms with E-state index in [1.807, 2.05) is 75.4 Å². The smallest absolute Gasteiger partial charge is 0.348 e. The van der Waals surface area contributed by atoms with E-state index in [9.17, 15) is 9.59 Å². The fourth-order valence-corrected chi connectivity index (χ4v) is 6.61. The largest absolute Gasteiger partial charge is 0.458 e. The molecule has 2 aliphatic heterocycles. The molecule has 2 aromatic carbocycles. The highest BCUT2D eigenvalue weighted by Gasteiger charge is 2.71. The van der Waals surface area contributed by atoms with Crippen molar-refractivity contribution in [2.45, 2.75) is 53.3 Å². The summed E-state index contributed by atoms with van der Waals surface area (Å²) in [6.45, 7) is 5.97. The van der Waals surface area contributed by atoms with Gasteiger partial charge in [-0.05, 0) is 38.5 Å². The normalized spacial score (nSPS) is 27.3. The van der Waals surface area contributed by atoms with Crippen LogP contribution < -0.4 is 5.73 Å². The zero-order valence-corrected chi connectivity index (χ0v) is 18.3. The fourth-order valence-electron chi connectivity index (χ4n) is 3.66. The van der Waals surface area contributed by atoms with E-state index < -0.39 is 16.4 Å². The number of nitrogens with two attached hydrogens (primary N) is 1. The van der Waals surface area contributed by atoms with Crippen LogP contribution in [0.15, 0.2) is 59.5 Å². The molecule has 2 fully saturated rings. The lowest BCUT2D eigenvalue weighted by molar-refractivity contribution is -0.172. The Bertz CT molecular complexity index is 933. The van der Waals surface area contributed by atoms with Crippen molar-refractivity contribution in [3.63, 3.8) is 0 Å². The molecule has 0 aliphatic carbocycles. The average Bonchev–Trinajstić information content (AvgIpc) is 2.90. The van der Waals surface area contributed by atoms with Gasteiger partial charge in [0.1, 0.15) is 17.2 Å². The van der Waals surface area contributed by atoms with E-state index >= 15 is 0 Å². The SMILES string of the molecule is Cc1ccc(S[C@@H]2C(=O)N3[C@@H]2SC(C)(C)[C@]3(N)C(=O)OCc2ccccc2)cc1. The molecule has 2 saturated heterocycles. The number of esters is 1. The minimum absolute atomic E-state index is 0.113. The number of carbonyl (C=O) groups is 2. The van der Waals surface area contributed by atoms with Gasteiger partial charge in [-0.1, -0.05) is 48.0 Å². The first-order valence-electron chi connectivity index (χ1n) is 9.48. The second-order valence-corrected chi connectivity index (χ2v) is 10.9. The number of hydrogen-bond acceptors (Lipinski definition) is 6. The average molecular weight is 429 g/mol. The molecule has 0 radical (unpaired) electrons. The predicted molar refractivity (Wildman–Crippen MR) is 116 cm³/mol. The standard InChI is InChI=1S/C22H24N2O3S2/c1-14-9-11-16(12-10-14)28-17-18(25)24-19(17)29-21(2,3)22(24,23)20(26)27-13-15-7-5-4-6-8-15/h4-12,17,19H,13,23H2,1-3H3/t17-,19-,22+/m1/s1. The van der Waals surface area contributed by atoms with Crippen LogP contribution in [0.1, 0.15) is 25.0 Å². The second-order valence-electron chi connectivity index (χ2n) is 7.91. The highest BCUT2D eigenvalue weighted by molar-refractivity contribution is 8.05. The minimum atomic E-state index is -1.49. The summed E-state index contributed by atoms with van der Waals surface area (Å²) in [6.07, 6.45) is 0. The third kappa shape index (κ3) is 3.35. The number of aryl methyl sites for hydroxylation is 1. The van der Waals surface area contributed by atoms with Crippen LogP contribution in [0.25, 0.3) is 0 Å². The van der Waals surface area contributed by atoms with Crippen molar-refractivity contribution in [1.29, 1.82) is 0 Å². The quantitative estimate of drug-likeness (QED) is 0.580. The number of hydrogen-bond donors (Lipinski definition) is 1. The number of rotatable bonds is 5. The monoisotopic (exact) mass is 428 g/mol. The van der Waals surface area contributed by atoms with Crippen molar-refractivity contribution in [3.05, 3.63) is 65.7 Å². The van der Waals surface area contributed by atoms with Gasteiger partial charge in [0.2, 0.25) is 11.6 Å². The van der Waals surface area contributed by atoms with E-state index in [4.69, 9.17) is 10.5 Å². The molecule has 1 amide bonds. The second kappa shape index (κ2) is 7.38. The van der Waals surface area contributed by atoms with Crippen molar-refractivity contribution < 1.29 is 14.3 Å². The maximum Gasteiger partial charge on any atom is 0.348 e. The Hall–Kier alpha value is -1.96. The Morgan fingerprint density at radius 2 is 1.83 bits per heavy atom. The molecule has 5 nitrogen and oxygen atoms in total. The molecule has 7 heteroatoms. The summed E-state index contributed by atoms with van der Waals surface area (Å²) < 4.78 is 4.88. The molecule has 0 saturated carbocycles. The molecular formula is C22H24N2O3S2. The van der Waals surface area contributed by atoms with Gasteiger partial charge in [0.15, 0.2) is 0 Å². The summed E-state index contributed by atoms with van der Waals surface area (Å²) in [6, 6.07) is 17.5. The van der Waals surface area contributed by atoms with Crippen molar-refractivity contribution >= 4 is 35.4 Å². The fraction of sp³-hybridized carbons (Fsp3) is 0.364. The first-order chi connectivity index (χ1) is 13.7. The molecule has 0 aromatic heterocycles. The van der Waals surface area contributed by atoms with Gasteiger partial charge in [-0.25, -0.2) is 4.79 Å². The molecule has 0 unspecified atom stereocenters. The lowest BCUT2D eigenvalue weighted by Gasteiger charge is -2.48. The van der Waals surface area contributed by atoms with E-state index in [0.717, 1.165) is 10.5 Å². The lowest BCUT2D eigenvalue weighted by atomic mass is 9.91. The summed E-state index contributed by atoms with van der Waals surface area (Å²) in [5.74, 6) is -0.675. The summed E-state index contributed by atoms with van der Waals surface area (Å²) in [7, 11) is 0. The molecule has 2 heterocycles. The van der Waals surface area contributed by atoms with Crippen molar-refractivity contribution in [3.8, 4) is 0 Å². The number of benzene rings is 2. The number of nitrogens with zero attached hydrogens (tertiary/aromatic N) is 1. The number of β-lactam (4-membered cyclic amide) rings is 1. The van der Waals surface area contributed by atoms with Crippen LogP contribution >= 0.6 is 23.5 Å². The number of fused-ring (bicyclic) bond motifs is 1. The zero-order chi connectivity index (χ0) is 20.8. The third-order valence-corrected chi connectivity index (χ3v) is 8.57. The van der Waals surface area contributed by atoms with E-state index in [1.54, 1.807) is 11.8 Å². The highest BCUT2D eigenvalue weighted by atomic mass is 32.2. The molecule has 2 aromatic rings. The van der Waals surface area contributed by atoms with Gasteiger partial charge in [0, 0.05) is 4.90 Å². The Balaban J connectivity index is 1.50. The van der Waals surface area contributed by atoms with Gasteiger partial charge in [0.05, 0.1) is 4.75 Å². The summed E-state index contributed by atoms with van der Waals surface area (Å²) in [4.78, 5) is 28.6. The van der Waals surface area contributed by atoms with Crippen LogP contribution in [-0.4, -0.2) is 37.8 Å². The Labute approximate surface area is 179 Å². The highest BCUT2D eigenvalue weighted by Crippen LogP contribution is 2.58. The van der Waals surface area contributed by atoms with Gasteiger partial charge in [0.25, 0.3) is 0 Å². The number of ether oxygens (including phenoxy) is 1. The molecule has 0 spiro atoms. The van der Waals surface area contributed by atoms with Gasteiger partial charge in [-0.15, -0.1) is 23.5 Å². The number of amides is 1. The predicted octanol–water partition coefficient (Wildman–Crippen LogP) is 3.55. The van der Waals surface area contributed by atoms with Crippen molar-refractivity contribution in [2.24, 2.45) is 5.73 Å². The number of thioether (sulfide) groups is 2. The summed E-state index contributed by atoms with van der Waals surface area (Å²) in [5, 5.41) is -0.410. The molecular weight excluding hydrogens is 404 g/mol. The summed E-state index contributed by atoms with van der Waals surface area (Å²) >= 11 is 3.09. The maximum absolute atomic E-state index is 13.0.